The van der Waals surface area contributed by atoms with Crippen molar-refractivity contribution < 1.29 is 0 Å². The van der Waals surface area contributed by atoms with E-state index in [1.54, 1.807) is 16.9 Å². The first-order chi connectivity index (χ1) is 11.2. The third kappa shape index (κ3) is 3.32. The standard InChI is InChI=1S/C17H21N5O/c1-12-6-19-15(7-18-12)11-21-8-13(9-21)10-22-17(23)5-4-16(20-22)14-2-3-14/h4-7,13-14H,2-3,8-11H2,1H3. The Hall–Kier alpha value is -2.08. The highest BCUT2D eigenvalue weighted by molar-refractivity contribution is 5.12. The fourth-order valence-electron chi connectivity index (χ4n) is 3.09. The average molecular weight is 311 g/mol. The first-order valence-electron chi connectivity index (χ1n) is 8.25. The zero-order valence-electron chi connectivity index (χ0n) is 13.4. The molecule has 0 aromatic carbocycles. The number of hydrogen-bond donors (Lipinski definition) is 0. The second-order valence-corrected chi connectivity index (χ2v) is 6.76. The van der Waals surface area contributed by atoms with Crippen molar-refractivity contribution in [3.63, 3.8) is 0 Å². The van der Waals surface area contributed by atoms with E-state index in [2.05, 4.69) is 20.0 Å². The highest BCUT2D eigenvalue weighted by Gasteiger charge is 2.29. The predicted molar refractivity (Wildman–Crippen MR) is 86.0 cm³/mol. The fraction of sp³-hybridized carbons (Fsp3) is 0.529. The molecule has 2 aliphatic rings. The highest BCUT2D eigenvalue weighted by Crippen LogP contribution is 2.38. The molecule has 0 N–H and O–H groups in total. The van der Waals surface area contributed by atoms with E-state index >= 15 is 0 Å². The maximum Gasteiger partial charge on any atom is 0.266 e. The van der Waals surface area contributed by atoms with Gasteiger partial charge in [0.15, 0.2) is 0 Å². The van der Waals surface area contributed by atoms with E-state index in [0.717, 1.165) is 43.3 Å². The van der Waals surface area contributed by atoms with Gasteiger partial charge in [-0.05, 0) is 25.8 Å². The van der Waals surface area contributed by atoms with Crippen LogP contribution in [0.15, 0.2) is 29.3 Å². The van der Waals surface area contributed by atoms with Crippen LogP contribution >= 0.6 is 0 Å². The molecule has 1 saturated heterocycles. The molecule has 120 valence electrons. The highest BCUT2D eigenvalue weighted by atomic mass is 16.1. The minimum absolute atomic E-state index is 0.0113. The van der Waals surface area contributed by atoms with Crippen LogP contribution in [-0.4, -0.2) is 37.7 Å². The molecule has 1 aliphatic carbocycles. The number of hydrogen-bond acceptors (Lipinski definition) is 5. The monoisotopic (exact) mass is 311 g/mol. The molecule has 0 spiro atoms. The van der Waals surface area contributed by atoms with Crippen LogP contribution in [0.1, 0.15) is 35.8 Å². The summed E-state index contributed by atoms with van der Waals surface area (Å²) in [5.74, 6) is 1.08. The molecule has 3 heterocycles. The number of rotatable bonds is 5. The van der Waals surface area contributed by atoms with Gasteiger partial charge in [-0.3, -0.25) is 19.7 Å². The average Bonchev–Trinajstić information content (AvgIpc) is 3.34. The maximum absolute atomic E-state index is 12.0. The molecule has 2 aromatic heterocycles. The summed E-state index contributed by atoms with van der Waals surface area (Å²) in [5.41, 5.74) is 3.03. The molecule has 0 amide bonds. The second kappa shape index (κ2) is 5.85. The van der Waals surface area contributed by atoms with Crippen LogP contribution in [-0.2, 0) is 13.1 Å². The predicted octanol–water partition coefficient (Wildman–Crippen LogP) is 1.35. The molecule has 6 nitrogen and oxygen atoms in total. The molecule has 23 heavy (non-hydrogen) atoms. The second-order valence-electron chi connectivity index (χ2n) is 6.76. The van der Waals surface area contributed by atoms with E-state index in [1.165, 1.54) is 12.8 Å². The third-order valence-corrected chi connectivity index (χ3v) is 4.57. The number of likely N-dealkylation sites (tertiary alicyclic amines) is 1. The lowest BCUT2D eigenvalue weighted by Gasteiger charge is -2.38. The van der Waals surface area contributed by atoms with Gasteiger partial charge in [0.1, 0.15) is 0 Å². The topological polar surface area (TPSA) is 63.9 Å². The zero-order chi connectivity index (χ0) is 15.8. The van der Waals surface area contributed by atoms with E-state index < -0.39 is 0 Å². The van der Waals surface area contributed by atoms with Gasteiger partial charge in [0.25, 0.3) is 5.56 Å². The Kier molecular flexibility index (Phi) is 3.69. The molecule has 0 unspecified atom stereocenters. The van der Waals surface area contributed by atoms with Gasteiger partial charge < -0.3 is 0 Å². The number of nitrogens with zero attached hydrogens (tertiary/aromatic N) is 5. The van der Waals surface area contributed by atoms with Crippen LogP contribution in [0.4, 0.5) is 0 Å². The summed E-state index contributed by atoms with van der Waals surface area (Å²) in [4.78, 5) is 23.0. The molecule has 2 fully saturated rings. The van der Waals surface area contributed by atoms with E-state index in [9.17, 15) is 4.79 Å². The van der Waals surface area contributed by atoms with Gasteiger partial charge >= 0.3 is 0 Å². The van der Waals surface area contributed by atoms with E-state index in [-0.39, 0.29) is 5.56 Å². The van der Waals surface area contributed by atoms with Gasteiger partial charge in [0.05, 0.1) is 23.6 Å². The van der Waals surface area contributed by atoms with Gasteiger partial charge in [-0.25, -0.2) is 4.68 Å². The van der Waals surface area contributed by atoms with Crippen molar-refractivity contribution >= 4 is 0 Å². The third-order valence-electron chi connectivity index (χ3n) is 4.57. The molecule has 1 aliphatic heterocycles. The van der Waals surface area contributed by atoms with Crippen LogP contribution < -0.4 is 5.56 Å². The van der Waals surface area contributed by atoms with Crippen LogP contribution in [0, 0.1) is 12.8 Å². The summed E-state index contributed by atoms with van der Waals surface area (Å²) in [5, 5.41) is 4.54. The van der Waals surface area contributed by atoms with Crippen molar-refractivity contribution in [2.75, 3.05) is 13.1 Å². The fourth-order valence-corrected chi connectivity index (χ4v) is 3.09. The van der Waals surface area contributed by atoms with Gasteiger partial charge in [-0.15, -0.1) is 0 Å². The van der Waals surface area contributed by atoms with Gasteiger partial charge in [0.2, 0.25) is 0 Å². The maximum atomic E-state index is 12.0. The molecule has 4 rings (SSSR count). The Morgan fingerprint density at radius 2 is 2.00 bits per heavy atom. The molecule has 6 heteroatoms. The lowest BCUT2D eigenvalue weighted by atomic mass is 10.00. The lowest BCUT2D eigenvalue weighted by molar-refractivity contribution is 0.0751. The quantitative estimate of drug-likeness (QED) is 0.834. The van der Waals surface area contributed by atoms with Crippen LogP contribution in [0.2, 0.25) is 0 Å². The molecule has 0 atom stereocenters. The Balaban J connectivity index is 1.33. The molecular formula is C17H21N5O. The lowest BCUT2D eigenvalue weighted by Crippen LogP contribution is -2.49. The van der Waals surface area contributed by atoms with Crippen molar-refractivity contribution in [3.05, 3.63) is 52.0 Å². The minimum Gasteiger partial charge on any atom is -0.297 e. The van der Waals surface area contributed by atoms with Gasteiger partial charge in [0, 0.05) is 49.9 Å². The first-order valence-corrected chi connectivity index (χ1v) is 8.25. The van der Waals surface area contributed by atoms with Gasteiger partial charge in [-0.2, -0.15) is 5.10 Å². The molecule has 0 bridgehead atoms. The normalized spacial score (nSPS) is 18.8. The zero-order valence-corrected chi connectivity index (χ0v) is 13.4. The molecule has 2 aromatic rings. The van der Waals surface area contributed by atoms with Crippen molar-refractivity contribution in [2.24, 2.45) is 5.92 Å². The van der Waals surface area contributed by atoms with E-state index in [0.29, 0.717) is 11.8 Å². The van der Waals surface area contributed by atoms with Crippen molar-refractivity contribution in [1.29, 1.82) is 0 Å². The smallest absolute Gasteiger partial charge is 0.266 e. The van der Waals surface area contributed by atoms with E-state index in [4.69, 9.17) is 0 Å². The van der Waals surface area contributed by atoms with E-state index in [1.807, 2.05) is 19.2 Å². The Labute approximate surface area is 135 Å². The van der Waals surface area contributed by atoms with Crippen LogP contribution in [0.25, 0.3) is 0 Å². The summed E-state index contributed by atoms with van der Waals surface area (Å²) in [6.45, 7) is 5.45. The van der Waals surface area contributed by atoms with Crippen molar-refractivity contribution in [3.8, 4) is 0 Å². The summed E-state index contributed by atoms with van der Waals surface area (Å²) in [7, 11) is 0. The molecule has 0 radical (unpaired) electrons. The molecular weight excluding hydrogens is 290 g/mol. The summed E-state index contributed by atoms with van der Waals surface area (Å²) >= 11 is 0. The Morgan fingerprint density at radius 3 is 2.70 bits per heavy atom. The van der Waals surface area contributed by atoms with Crippen LogP contribution in [0.3, 0.4) is 0 Å². The first kappa shape index (κ1) is 14.5. The minimum atomic E-state index is 0.0113. The molecule has 1 saturated carbocycles. The Morgan fingerprint density at radius 1 is 1.17 bits per heavy atom. The Bertz CT molecular complexity index is 744. The summed E-state index contributed by atoms with van der Waals surface area (Å²) in [6.07, 6.45) is 6.06. The largest absolute Gasteiger partial charge is 0.297 e. The number of aryl methyl sites for hydroxylation is 1. The summed E-state index contributed by atoms with van der Waals surface area (Å²) < 4.78 is 1.65. The van der Waals surface area contributed by atoms with Crippen LogP contribution in [0.5, 0.6) is 0 Å². The summed E-state index contributed by atoms with van der Waals surface area (Å²) in [6, 6.07) is 3.55. The van der Waals surface area contributed by atoms with Gasteiger partial charge in [-0.1, -0.05) is 0 Å². The number of aromatic nitrogens is 4. The SMILES string of the molecule is Cc1cnc(CN2CC(Cn3nc(C4CC4)ccc3=O)C2)cn1. The van der Waals surface area contributed by atoms with Crippen molar-refractivity contribution in [1.82, 2.24) is 24.6 Å². The van der Waals surface area contributed by atoms with Crippen molar-refractivity contribution in [2.45, 2.75) is 38.8 Å².